The highest BCUT2D eigenvalue weighted by molar-refractivity contribution is 9.10. The molecule has 0 aliphatic carbocycles. The van der Waals surface area contributed by atoms with Crippen molar-refractivity contribution in [3.8, 4) is 11.5 Å². The maximum absolute atomic E-state index is 13.3. The van der Waals surface area contributed by atoms with Gasteiger partial charge in [0, 0.05) is 10.5 Å². The Labute approximate surface area is 140 Å². The lowest BCUT2D eigenvalue weighted by Gasteiger charge is -2.13. The monoisotopic (exact) mass is 387 g/mol. The summed E-state index contributed by atoms with van der Waals surface area (Å²) in [6.45, 7) is 0. The zero-order valence-electron chi connectivity index (χ0n) is 11.7. The molecule has 2 aromatic rings. The second-order valence-electron chi connectivity index (χ2n) is 4.27. The largest absolute Gasteiger partial charge is 0.495 e. The Morgan fingerprint density at radius 3 is 2.50 bits per heavy atom. The minimum absolute atomic E-state index is 0.161. The van der Waals surface area contributed by atoms with Crippen LogP contribution >= 0.6 is 27.5 Å². The molecule has 0 heterocycles. The number of anilines is 1. The van der Waals surface area contributed by atoms with Crippen molar-refractivity contribution in [3.63, 3.8) is 0 Å². The minimum Gasteiger partial charge on any atom is -0.495 e. The van der Waals surface area contributed by atoms with E-state index in [1.54, 1.807) is 6.07 Å². The third kappa shape index (κ3) is 3.51. The van der Waals surface area contributed by atoms with Crippen molar-refractivity contribution in [2.75, 3.05) is 19.5 Å². The summed E-state index contributed by atoms with van der Waals surface area (Å²) in [5, 5.41) is 2.95. The number of benzene rings is 2. The first-order valence-electron chi connectivity index (χ1n) is 6.14. The molecule has 0 aliphatic heterocycles. The number of carbonyl (C=O) groups excluding carboxylic acids is 1. The van der Waals surface area contributed by atoms with Gasteiger partial charge >= 0.3 is 0 Å². The van der Waals surface area contributed by atoms with Crippen LogP contribution in [0.5, 0.6) is 11.5 Å². The molecule has 1 N–H and O–H groups in total. The van der Waals surface area contributed by atoms with Gasteiger partial charge in [0.15, 0.2) is 0 Å². The van der Waals surface area contributed by atoms with Gasteiger partial charge in [-0.15, -0.1) is 0 Å². The van der Waals surface area contributed by atoms with Crippen LogP contribution in [0.25, 0.3) is 0 Å². The molecule has 22 heavy (non-hydrogen) atoms. The Bertz CT molecular complexity index is 724. The molecule has 0 atom stereocenters. The first-order valence-corrected chi connectivity index (χ1v) is 7.31. The standard InChI is InChI=1S/C15H12BrClFNO3/c1-21-13-7-14(22-2)12(6-11(13)17)19-15(20)9-5-8(18)3-4-10(9)16/h3-7H,1-2H3,(H,19,20). The minimum atomic E-state index is -0.506. The molecule has 0 aromatic heterocycles. The number of hydrogen-bond acceptors (Lipinski definition) is 3. The molecule has 7 heteroatoms. The van der Waals surface area contributed by atoms with Gasteiger partial charge in [0.25, 0.3) is 5.91 Å². The Kier molecular flexibility index (Phi) is 5.26. The highest BCUT2D eigenvalue weighted by Crippen LogP contribution is 2.36. The molecule has 0 bridgehead atoms. The van der Waals surface area contributed by atoms with E-state index in [1.165, 1.54) is 32.4 Å². The third-order valence-corrected chi connectivity index (χ3v) is 3.88. The molecule has 0 aliphatic rings. The first kappa shape index (κ1) is 16.6. The molecule has 0 radical (unpaired) electrons. The Morgan fingerprint density at radius 1 is 1.18 bits per heavy atom. The van der Waals surface area contributed by atoms with Crippen LogP contribution in [-0.2, 0) is 0 Å². The van der Waals surface area contributed by atoms with Gasteiger partial charge in [-0.2, -0.15) is 0 Å². The summed E-state index contributed by atoms with van der Waals surface area (Å²) in [7, 11) is 2.93. The summed E-state index contributed by atoms with van der Waals surface area (Å²) in [5.74, 6) is -0.204. The molecule has 0 fully saturated rings. The van der Waals surface area contributed by atoms with Crippen LogP contribution in [-0.4, -0.2) is 20.1 Å². The Hall–Kier alpha value is -1.79. The van der Waals surface area contributed by atoms with E-state index in [4.69, 9.17) is 21.1 Å². The van der Waals surface area contributed by atoms with E-state index in [-0.39, 0.29) is 5.56 Å². The highest BCUT2D eigenvalue weighted by Gasteiger charge is 2.16. The SMILES string of the molecule is COc1cc(OC)c(NC(=O)c2cc(F)ccc2Br)cc1Cl. The van der Waals surface area contributed by atoms with E-state index >= 15 is 0 Å². The van der Waals surface area contributed by atoms with Crippen molar-refractivity contribution >= 4 is 39.1 Å². The topological polar surface area (TPSA) is 47.6 Å². The van der Waals surface area contributed by atoms with E-state index in [9.17, 15) is 9.18 Å². The number of ether oxygens (including phenoxy) is 2. The number of rotatable bonds is 4. The summed E-state index contributed by atoms with van der Waals surface area (Å²) in [4.78, 5) is 12.3. The van der Waals surface area contributed by atoms with E-state index < -0.39 is 11.7 Å². The quantitative estimate of drug-likeness (QED) is 0.838. The first-order chi connectivity index (χ1) is 10.5. The van der Waals surface area contributed by atoms with Gasteiger partial charge in [0.05, 0.1) is 30.5 Å². The van der Waals surface area contributed by atoms with Gasteiger partial charge in [-0.05, 0) is 40.2 Å². The smallest absolute Gasteiger partial charge is 0.257 e. The molecule has 116 valence electrons. The molecule has 0 saturated carbocycles. The van der Waals surface area contributed by atoms with Gasteiger partial charge < -0.3 is 14.8 Å². The third-order valence-electron chi connectivity index (χ3n) is 2.90. The zero-order valence-corrected chi connectivity index (χ0v) is 14.1. The zero-order chi connectivity index (χ0) is 16.3. The second kappa shape index (κ2) is 6.98. The van der Waals surface area contributed by atoms with E-state index in [2.05, 4.69) is 21.2 Å². The van der Waals surface area contributed by atoms with Crippen molar-refractivity contribution in [2.24, 2.45) is 0 Å². The van der Waals surface area contributed by atoms with E-state index in [1.807, 2.05) is 0 Å². The Morgan fingerprint density at radius 2 is 1.86 bits per heavy atom. The number of nitrogens with one attached hydrogen (secondary N) is 1. The number of methoxy groups -OCH3 is 2. The maximum atomic E-state index is 13.3. The predicted octanol–water partition coefficient (Wildman–Crippen LogP) is 4.51. The fourth-order valence-electron chi connectivity index (χ4n) is 1.82. The van der Waals surface area contributed by atoms with Crippen LogP contribution < -0.4 is 14.8 Å². The molecule has 0 spiro atoms. The van der Waals surface area contributed by atoms with Crippen molar-refractivity contribution in [3.05, 3.63) is 51.2 Å². The molecule has 2 aromatic carbocycles. The molecular weight excluding hydrogens is 377 g/mol. The van der Waals surface area contributed by atoms with E-state index in [0.29, 0.717) is 26.7 Å². The maximum Gasteiger partial charge on any atom is 0.257 e. The highest BCUT2D eigenvalue weighted by atomic mass is 79.9. The number of halogens is 3. The predicted molar refractivity (Wildman–Crippen MR) is 86.6 cm³/mol. The lowest BCUT2D eigenvalue weighted by atomic mass is 10.2. The van der Waals surface area contributed by atoms with Crippen LogP contribution in [0.15, 0.2) is 34.8 Å². The summed E-state index contributed by atoms with van der Waals surface area (Å²) in [6, 6.07) is 6.91. The van der Waals surface area contributed by atoms with E-state index in [0.717, 1.165) is 6.07 Å². The molecule has 2 rings (SSSR count). The van der Waals surface area contributed by atoms with Gasteiger partial charge in [-0.3, -0.25) is 4.79 Å². The average Bonchev–Trinajstić information content (AvgIpc) is 2.50. The van der Waals surface area contributed by atoms with Gasteiger partial charge in [-0.1, -0.05) is 11.6 Å². The van der Waals surface area contributed by atoms with Crippen LogP contribution in [0.2, 0.25) is 5.02 Å². The van der Waals surface area contributed by atoms with Gasteiger partial charge in [0.2, 0.25) is 0 Å². The fraction of sp³-hybridized carbons (Fsp3) is 0.133. The molecule has 4 nitrogen and oxygen atoms in total. The fourth-order valence-corrected chi connectivity index (χ4v) is 2.49. The molecular formula is C15H12BrClFNO3. The van der Waals surface area contributed by atoms with Crippen LogP contribution in [0.3, 0.4) is 0 Å². The number of hydrogen-bond donors (Lipinski definition) is 1. The van der Waals surface area contributed by atoms with Crippen molar-refractivity contribution in [2.45, 2.75) is 0 Å². The summed E-state index contributed by atoms with van der Waals surface area (Å²) in [5.41, 5.74) is 0.517. The lowest BCUT2D eigenvalue weighted by molar-refractivity contribution is 0.102. The molecule has 0 saturated heterocycles. The van der Waals surface area contributed by atoms with Crippen molar-refractivity contribution < 1.29 is 18.7 Å². The second-order valence-corrected chi connectivity index (χ2v) is 5.53. The van der Waals surface area contributed by atoms with Crippen molar-refractivity contribution in [1.82, 2.24) is 0 Å². The Balaban J connectivity index is 2.36. The normalized spacial score (nSPS) is 10.2. The number of amides is 1. The molecule has 1 amide bonds. The van der Waals surface area contributed by atoms with Crippen LogP contribution in [0.1, 0.15) is 10.4 Å². The van der Waals surface area contributed by atoms with Crippen LogP contribution in [0.4, 0.5) is 10.1 Å². The summed E-state index contributed by atoms with van der Waals surface area (Å²) >= 11 is 9.26. The lowest BCUT2D eigenvalue weighted by Crippen LogP contribution is -2.13. The van der Waals surface area contributed by atoms with Gasteiger partial charge in [0.1, 0.15) is 17.3 Å². The summed E-state index contributed by atoms with van der Waals surface area (Å²) in [6.07, 6.45) is 0. The van der Waals surface area contributed by atoms with Crippen molar-refractivity contribution in [1.29, 1.82) is 0 Å². The molecule has 0 unspecified atom stereocenters. The number of carbonyl (C=O) groups is 1. The summed E-state index contributed by atoms with van der Waals surface area (Å²) < 4.78 is 24.0. The van der Waals surface area contributed by atoms with Crippen LogP contribution in [0, 0.1) is 5.82 Å². The van der Waals surface area contributed by atoms with Gasteiger partial charge in [-0.25, -0.2) is 4.39 Å². The average molecular weight is 389 g/mol.